The molecule has 0 saturated heterocycles. The molecule has 6 heteroatoms. The summed E-state index contributed by atoms with van der Waals surface area (Å²) in [5, 5.41) is 2.85. The molecule has 0 aliphatic rings. The van der Waals surface area contributed by atoms with Crippen LogP contribution in [-0.2, 0) is 4.79 Å². The summed E-state index contributed by atoms with van der Waals surface area (Å²) in [6, 6.07) is 21.9. The number of rotatable bonds is 7. The van der Waals surface area contributed by atoms with Gasteiger partial charge in [-0.2, -0.15) is 0 Å². The molecule has 0 heterocycles. The molecule has 142 valence electrons. The van der Waals surface area contributed by atoms with Gasteiger partial charge in [-0.25, -0.2) is 0 Å². The van der Waals surface area contributed by atoms with E-state index in [0.717, 1.165) is 11.1 Å². The maximum absolute atomic E-state index is 12.4. The topological polar surface area (TPSA) is 90.7 Å². The van der Waals surface area contributed by atoms with Gasteiger partial charge < -0.3 is 20.5 Å². The zero-order valence-electron chi connectivity index (χ0n) is 15.3. The van der Waals surface area contributed by atoms with Crippen LogP contribution >= 0.6 is 0 Å². The number of carbonyl (C=O) groups is 2. The fourth-order valence-corrected chi connectivity index (χ4v) is 2.74. The SMILES string of the molecule is COc1ccc(C(N)=O)c(OCC(=O)Nc2ccccc2-c2ccccc2)c1. The van der Waals surface area contributed by atoms with Crippen molar-refractivity contribution in [3.05, 3.63) is 78.4 Å². The van der Waals surface area contributed by atoms with E-state index in [1.807, 2.05) is 54.6 Å². The molecule has 2 amide bonds. The molecule has 3 aromatic rings. The lowest BCUT2D eigenvalue weighted by Crippen LogP contribution is -2.22. The number of nitrogens with two attached hydrogens (primary N) is 1. The summed E-state index contributed by atoms with van der Waals surface area (Å²) in [4.78, 5) is 24.0. The zero-order valence-corrected chi connectivity index (χ0v) is 15.3. The van der Waals surface area contributed by atoms with Crippen molar-refractivity contribution in [2.75, 3.05) is 19.0 Å². The Labute approximate surface area is 162 Å². The highest BCUT2D eigenvalue weighted by Gasteiger charge is 2.14. The number of hydrogen-bond acceptors (Lipinski definition) is 4. The van der Waals surface area contributed by atoms with Crippen molar-refractivity contribution in [2.24, 2.45) is 5.73 Å². The number of primary amides is 1. The summed E-state index contributed by atoms with van der Waals surface area (Å²) < 4.78 is 10.7. The summed E-state index contributed by atoms with van der Waals surface area (Å²) in [6.07, 6.45) is 0. The number of anilines is 1. The second-order valence-corrected chi connectivity index (χ2v) is 5.97. The third-order valence-corrected chi connectivity index (χ3v) is 4.10. The number of benzene rings is 3. The molecule has 0 atom stereocenters. The first kappa shape index (κ1) is 19.0. The predicted octanol–water partition coefficient (Wildman–Crippen LogP) is 3.48. The Morgan fingerprint density at radius 2 is 1.68 bits per heavy atom. The Hall–Kier alpha value is -3.80. The van der Waals surface area contributed by atoms with E-state index < -0.39 is 5.91 Å². The third kappa shape index (κ3) is 4.48. The minimum Gasteiger partial charge on any atom is -0.497 e. The van der Waals surface area contributed by atoms with Crippen LogP contribution < -0.4 is 20.5 Å². The minimum absolute atomic E-state index is 0.179. The van der Waals surface area contributed by atoms with Crippen LogP contribution in [0.4, 0.5) is 5.69 Å². The average Bonchev–Trinajstić information content (AvgIpc) is 2.73. The summed E-state index contributed by atoms with van der Waals surface area (Å²) in [7, 11) is 1.50. The summed E-state index contributed by atoms with van der Waals surface area (Å²) >= 11 is 0. The molecule has 0 aliphatic heterocycles. The fourth-order valence-electron chi connectivity index (χ4n) is 2.74. The van der Waals surface area contributed by atoms with Crippen molar-refractivity contribution in [3.63, 3.8) is 0 Å². The van der Waals surface area contributed by atoms with Crippen LogP contribution in [0, 0.1) is 0 Å². The Bertz CT molecular complexity index is 987. The maximum Gasteiger partial charge on any atom is 0.262 e. The fraction of sp³-hybridized carbons (Fsp3) is 0.0909. The van der Waals surface area contributed by atoms with Crippen LogP contribution in [0.3, 0.4) is 0 Å². The second kappa shape index (κ2) is 8.73. The molecular weight excluding hydrogens is 356 g/mol. The highest BCUT2D eigenvalue weighted by molar-refractivity contribution is 5.97. The Balaban J connectivity index is 1.74. The zero-order chi connectivity index (χ0) is 19.9. The quantitative estimate of drug-likeness (QED) is 0.660. The molecule has 0 unspecified atom stereocenters. The maximum atomic E-state index is 12.4. The van der Waals surface area contributed by atoms with Crippen molar-refractivity contribution in [2.45, 2.75) is 0 Å². The lowest BCUT2D eigenvalue weighted by molar-refractivity contribution is -0.118. The van der Waals surface area contributed by atoms with E-state index in [2.05, 4.69) is 5.32 Å². The predicted molar refractivity (Wildman–Crippen MR) is 108 cm³/mol. The van der Waals surface area contributed by atoms with Gasteiger partial charge >= 0.3 is 0 Å². The van der Waals surface area contributed by atoms with E-state index >= 15 is 0 Å². The van der Waals surface area contributed by atoms with Crippen molar-refractivity contribution in [3.8, 4) is 22.6 Å². The van der Waals surface area contributed by atoms with Crippen LogP contribution in [0.1, 0.15) is 10.4 Å². The molecule has 3 aromatic carbocycles. The van der Waals surface area contributed by atoms with Gasteiger partial charge in [-0.15, -0.1) is 0 Å². The van der Waals surface area contributed by atoms with Gasteiger partial charge in [0.05, 0.1) is 12.7 Å². The third-order valence-electron chi connectivity index (χ3n) is 4.10. The van der Waals surface area contributed by atoms with Crippen LogP contribution in [-0.4, -0.2) is 25.5 Å². The molecule has 0 bridgehead atoms. The van der Waals surface area contributed by atoms with Crippen molar-refractivity contribution < 1.29 is 19.1 Å². The first-order valence-electron chi connectivity index (χ1n) is 8.63. The van der Waals surface area contributed by atoms with Gasteiger partial charge in [0.25, 0.3) is 11.8 Å². The largest absolute Gasteiger partial charge is 0.497 e. The van der Waals surface area contributed by atoms with Crippen LogP contribution in [0.5, 0.6) is 11.5 Å². The standard InChI is InChI=1S/C22H20N2O4/c1-27-16-11-12-18(22(23)26)20(13-16)28-14-21(25)24-19-10-6-5-9-17(19)15-7-3-2-4-8-15/h2-13H,14H2,1H3,(H2,23,26)(H,24,25). The van der Waals surface area contributed by atoms with E-state index in [4.69, 9.17) is 15.2 Å². The second-order valence-electron chi connectivity index (χ2n) is 5.97. The van der Waals surface area contributed by atoms with Gasteiger partial charge in [0.1, 0.15) is 11.5 Å². The molecule has 28 heavy (non-hydrogen) atoms. The molecule has 0 aliphatic carbocycles. The summed E-state index contributed by atoms with van der Waals surface area (Å²) in [5.41, 5.74) is 8.10. The summed E-state index contributed by atoms with van der Waals surface area (Å²) in [5.74, 6) is -0.317. The number of carbonyl (C=O) groups excluding carboxylic acids is 2. The smallest absolute Gasteiger partial charge is 0.262 e. The highest BCUT2D eigenvalue weighted by Crippen LogP contribution is 2.28. The molecule has 0 radical (unpaired) electrons. The van der Waals surface area contributed by atoms with E-state index in [-0.39, 0.29) is 23.8 Å². The number of nitrogens with one attached hydrogen (secondary N) is 1. The molecule has 6 nitrogen and oxygen atoms in total. The number of amides is 2. The van der Waals surface area contributed by atoms with Crippen LogP contribution in [0.15, 0.2) is 72.8 Å². The molecule has 0 saturated carbocycles. The van der Waals surface area contributed by atoms with Gasteiger partial charge in [-0.3, -0.25) is 9.59 Å². The van der Waals surface area contributed by atoms with Crippen molar-refractivity contribution >= 4 is 17.5 Å². The monoisotopic (exact) mass is 376 g/mol. The summed E-state index contributed by atoms with van der Waals surface area (Å²) in [6.45, 7) is -0.281. The van der Waals surface area contributed by atoms with E-state index in [1.165, 1.54) is 19.2 Å². The first-order chi connectivity index (χ1) is 13.6. The van der Waals surface area contributed by atoms with Gasteiger partial charge in [-0.05, 0) is 23.8 Å². The normalized spacial score (nSPS) is 10.2. The van der Waals surface area contributed by atoms with E-state index in [9.17, 15) is 9.59 Å². The molecule has 0 fully saturated rings. The van der Waals surface area contributed by atoms with Crippen molar-refractivity contribution in [1.29, 1.82) is 0 Å². The number of methoxy groups -OCH3 is 1. The molecule has 3 N–H and O–H groups in total. The van der Waals surface area contributed by atoms with Gasteiger partial charge in [-0.1, -0.05) is 48.5 Å². The number of para-hydroxylation sites is 1. The van der Waals surface area contributed by atoms with Gasteiger partial charge in [0.2, 0.25) is 0 Å². The van der Waals surface area contributed by atoms with E-state index in [1.54, 1.807) is 6.07 Å². The highest BCUT2D eigenvalue weighted by atomic mass is 16.5. The Morgan fingerprint density at radius 3 is 2.39 bits per heavy atom. The average molecular weight is 376 g/mol. The number of hydrogen-bond donors (Lipinski definition) is 2. The van der Waals surface area contributed by atoms with Crippen LogP contribution in [0.25, 0.3) is 11.1 Å². The molecular formula is C22H20N2O4. The number of ether oxygens (including phenoxy) is 2. The Morgan fingerprint density at radius 1 is 0.964 bits per heavy atom. The Kier molecular flexibility index (Phi) is 5.91. The van der Waals surface area contributed by atoms with Gasteiger partial charge in [0, 0.05) is 17.3 Å². The lowest BCUT2D eigenvalue weighted by Gasteiger charge is -2.13. The van der Waals surface area contributed by atoms with Crippen LogP contribution in [0.2, 0.25) is 0 Å². The first-order valence-corrected chi connectivity index (χ1v) is 8.63. The van der Waals surface area contributed by atoms with E-state index in [0.29, 0.717) is 11.4 Å². The lowest BCUT2D eigenvalue weighted by atomic mass is 10.0. The molecule has 0 aromatic heterocycles. The molecule has 0 spiro atoms. The molecule has 3 rings (SSSR count). The minimum atomic E-state index is -0.646. The van der Waals surface area contributed by atoms with Crippen molar-refractivity contribution in [1.82, 2.24) is 0 Å². The van der Waals surface area contributed by atoms with Gasteiger partial charge in [0.15, 0.2) is 6.61 Å².